The number of hydrogen-bond donors (Lipinski definition) is 2. The number of nitrogens with one attached hydrogen (secondary N) is 1. The Labute approximate surface area is 120 Å². The third-order valence-electron chi connectivity index (χ3n) is 3.27. The number of hydrogen-bond acceptors (Lipinski definition) is 3. The number of nitrogens with two attached hydrogens (primary N) is 1. The number of aryl methyl sites for hydroxylation is 1. The first kappa shape index (κ1) is 13.3. The molecule has 0 fully saturated rings. The molecular formula is C16H13F2N3. The van der Waals surface area contributed by atoms with Crippen molar-refractivity contribution in [1.29, 1.82) is 0 Å². The molecule has 1 heterocycles. The highest BCUT2D eigenvalue weighted by molar-refractivity contribution is 6.01. The van der Waals surface area contributed by atoms with Crippen molar-refractivity contribution in [2.24, 2.45) is 0 Å². The molecule has 0 saturated carbocycles. The van der Waals surface area contributed by atoms with Crippen LogP contribution in [0, 0.1) is 18.6 Å². The van der Waals surface area contributed by atoms with Gasteiger partial charge in [-0.05, 0) is 37.3 Å². The summed E-state index contributed by atoms with van der Waals surface area (Å²) in [5.41, 5.74) is 8.63. The molecule has 3 N–H and O–H groups in total. The van der Waals surface area contributed by atoms with E-state index in [1.54, 1.807) is 18.3 Å². The molecule has 0 aliphatic heterocycles. The topological polar surface area (TPSA) is 50.9 Å². The van der Waals surface area contributed by atoms with Gasteiger partial charge in [-0.25, -0.2) is 8.78 Å². The number of nitrogens with zero attached hydrogens (tertiary/aromatic N) is 1. The number of anilines is 3. The predicted octanol–water partition coefficient (Wildman–Crippen LogP) is 4.15. The van der Waals surface area contributed by atoms with Crippen molar-refractivity contribution in [2.75, 3.05) is 11.1 Å². The lowest BCUT2D eigenvalue weighted by Gasteiger charge is -2.12. The van der Waals surface area contributed by atoms with E-state index in [1.807, 2.05) is 13.0 Å². The van der Waals surface area contributed by atoms with Crippen molar-refractivity contribution in [3.63, 3.8) is 0 Å². The van der Waals surface area contributed by atoms with Crippen LogP contribution in [-0.4, -0.2) is 4.98 Å². The summed E-state index contributed by atoms with van der Waals surface area (Å²) in [7, 11) is 0. The highest BCUT2D eigenvalue weighted by Crippen LogP contribution is 2.30. The summed E-state index contributed by atoms with van der Waals surface area (Å²) in [4.78, 5) is 4.22. The van der Waals surface area contributed by atoms with E-state index in [1.165, 1.54) is 6.07 Å². The van der Waals surface area contributed by atoms with Crippen LogP contribution >= 0.6 is 0 Å². The molecule has 0 atom stereocenters. The van der Waals surface area contributed by atoms with Gasteiger partial charge in [0, 0.05) is 45.8 Å². The van der Waals surface area contributed by atoms with Gasteiger partial charge in [-0.15, -0.1) is 0 Å². The van der Waals surface area contributed by atoms with E-state index in [9.17, 15) is 8.78 Å². The number of benzene rings is 2. The molecule has 0 aliphatic rings. The van der Waals surface area contributed by atoms with Crippen LogP contribution in [0.4, 0.5) is 25.8 Å². The zero-order valence-corrected chi connectivity index (χ0v) is 11.3. The molecular weight excluding hydrogens is 272 g/mol. The zero-order chi connectivity index (χ0) is 15.0. The fraction of sp³-hybridized carbons (Fsp3) is 0.0625. The van der Waals surface area contributed by atoms with E-state index >= 15 is 0 Å². The van der Waals surface area contributed by atoms with Crippen molar-refractivity contribution in [1.82, 2.24) is 4.98 Å². The number of halogens is 2. The van der Waals surface area contributed by atoms with E-state index in [4.69, 9.17) is 5.73 Å². The van der Waals surface area contributed by atoms with Gasteiger partial charge >= 0.3 is 0 Å². The monoisotopic (exact) mass is 285 g/mol. The summed E-state index contributed by atoms with van der Waals surface area (Å²) >= 11 is 0. The van der Waals surface area contributed by atoms with Gasteiger partial charge in [0.2, 0.25) is 0 Å². The summed E-state index contributed by atoms with van der Waals surface area (Å²) in [5.74, 6) is -1.76. The molecule has 3 rings (SSSR count). The second kappa shape index (κ2) is 5.01. The molecule has 0 amide bonds. The Morgan fingerprint density at radius 3 is 2.57 bits per heavy atom. The van der Waals surface area contributed by atoms with E-state index in [0.29, 0.717) is 11.4 Å². The predicted molar refractivity (Wildman–Crippen MR) is 80.5 cm³/mol. The van der Waals surface area contributed by atoms with Crippen LogP contribution in [0.5, 0.6) is 0 Å². The highest BCUT2D eigenvalue weighted by Gasteiger charge is 2.07. The Hall–Kier alpha value is -2.69. The zero-order valence-electron chi connectivity index (χ0n) is 11.3. The van der Waals surface area contributed by atoms with Crippen LogP contribution in [0.1, 0.15) is 5.69 Å². The second-order valence-corrected chi connectivity index (χ2v) is 4.83. The number of pyridine rings is 1. The minimum absolute atomic E-state index is 0.467. The molecule has 0 unspecified atom stereocenters. The Bertz CT molecular complexity index is 831. The van der Waals surface area contributed by atoms with Gasteiger partial charge in [0.25, 0.3) is 0 Å². The van der Waals surface area contributed by atoms with Gasteiger partial charge in [-0.2, -0.15) is 0 Å². The Balaban J connectivity index is 2.10. The molecule has 0 spiro atoms. The number of aromatic nitrogens is 1. The van der Waals surface area contributed by atoms with Crippen molar-refractivity contribution >= 4 is 27.8 Å². The van der Waals surface area contributed by atoms with E-state index in [2.05, 4.69) is 10.3 Å². The van der Waals surface area contributed by atoms with Gasteiger partial charge in [0.1, 0.15) is 0 Å². The molecule has 0 radical (unpaired) electrons. The summed E-state index contributed by atoms with van der Waals surface area (Å²) in [6, 6.07) is 9.14. The van der Waals surface area contributed by atoms with Crippen molar-refractivity contribution in [3.8, 4) is 0 Å². The van der Waals surface area contributed by atoms with Crippen LogP contribution in [0.2, 0.25) is 0 Å². The third kappa shape index (κ3) is 2.50. The average Bonchev–Trinajstić information content (AvgIpc) is 2.46. The van der Waals surface area contributed by atoms with Gasteiger partial charge in [0.15, 0.2) is 11.6 Å². The lowest BCUT2D eigenvalue weighted by atomic mass is 10.1. The lowest BCUT2D eigenvalue weighted by molar-refractivity contribution is 0.509. The third-order valence-corrected chi connectivity index (χ3v) is 3.27. The minimum Gasteiger partial charge on any atom is -0.398 e. The quantitative estimate of drug-likeness (QED) is 0.695. The number of rotatable bonds is 2. The summed E-state index contributed by atoms with van der Waals surface area (Å²) < 4.78 is 26.2. The summed E-state index contributed by atoms with van der Waals surface area (Å²) in [5, 5.41) is 4.77. The first-order chi connectivity index (χ1) is 10.0. The Kier molecular flexibility index (Phi) is 3.17. The highest BCUT2D eigenvalue weighted by atomic mass is 19.2. The molecule has 1 aromatic heterocycles. The summed E-state index contributed by atoms with van der Waals surface area (Å²) in [6.45, 7) is 1.88. The average molecular weight is 285 g/mol. The summed E-state index contributed by atoms with van der Waals surface area (Å²) in [6.07, 6.45) is 1.70. The normalized spacial score (nSPS) is 10.8. The van der Waals surface area contributed by atoms with E-state index in [-0.39, 0.29) is 0 Å². The van der Waals surface area contributed by atoms with E-state index in [0.717, 1.165) is 34.3 Å². The smallest absolute Gasteiger partial charge is 0.160 e. The maximum atomic E-state index is 13.3. The lowest BCUT2D eigenvalue weighted by Crippen LogP contribution is -1.96. The van der Waals surface area contributed by atoms with Crippen molar-refractivity contribution in [2.45, 2.75) is 6.92 Å². The van der Waals surface area contributed by atoms with Crippen LogP contribution in [0.25, 0.3) is 10.8 Å². The Morgan fingerprint density at radius 1 is 1.00 bits per heavy atom. The number of nitrogen functional groups attached to an aromatic ring is 1. The largest absolute Gasteiger partial charge is 0.398 e. The molecule has 21 heavy (non-hydrogen) atoms. The standard InChI is InChI=1S/C16H13F2N3/c1-9-6-11-12(8-20-9)15(19)4-5-16(11)21-10-2-3-13(17)14(18)7-10/h2-8,21H,19H2,1H3. The SMILES string of the molecule is Cc1cc2c(Nc3ccc(F)c(F)c3)ccc(N)c2cn1. The van der Waals surface area contributed by atoms with Gasteiger partial charge in [-0.1, -0.05) is 0 Å². The van der Waals surface area contributed by atoms with Crippen molar-refractivity contribution in [3.05, 3.63) is 59.9 Å². The first-order valence-electron chi connectivity index (χ1n) is 6.41. The molecule has 3 aromatic rings. The molecule has 3 nitrogen and oxygen atoms in total. The molecule has 2 aromatic carbocycles. The van der Waals surface area contributed by atoms with Crippen LogP contribution in [-0.2, 0) is 0 Å². The molecule has 0 bridgehead atoms. The van der Waals surface area contributed by atoms with Gasteiger partial charge in [0.05, 0.1) is 0 Å². The van der Waals surface area contributed by atoms with Gasteiger partial charge in [-0.3, -0.25) is 4.98 Å². The second-order valence-electron chi connectivity index (χ2n) is 4.83. The Morgan fingerprint density at radius 2 is 1.81 bits per heavy atom. The van der Waals surface area contributed by atoms with Gasteiger partial charge < -0.3 is 11.1 Å². The van der Waals surface area contributed by atoms with Crippen molar-refractivity contribution < 1.29 is 8.78 Å². The maximum Gasteiger partial charge on any atom is 0.160 e. The minimum atomic E-state index is -0.891. The fourth-order valence-corrected chi connectivity index (χ4v) is 2.20. The number of fused-ring (bicyclic) bond motifs is 1. The maximum absolute atomic E-state index is 13.3. The molecule has 5 heteroatoms. The van der Waals surface area contributed by atoms with Crippen LogP contribution in [0.3, 0.4) is 0 Å². The molecule has 0 saturated heterocycles. The molecule has 0 aliphatic carbocycles. The van der Waals surface area contributed by atoms with E-state index < -0.39 is 11.6 Å². The van der Waals surface area contributed by atoms with Crippen LogP contribution in [0.15, 0.2) is 42.6 Å². The molecule has 106 valence electrons. The van der Waals surface area contributed by atoms with Crippen LogP contribution < -0.4 is 11.1 Å². The fourth-order valence-electron chi connectivity index (χ4n) is 2.20. The first-order valence-corrected chi connectivity index (χ1v) is 6.41.